The van der Waals surface area contributed by atoms with Gasteiger partial charge in [-0.2, -0.15) is 0 Å². The van der Waals surface area contributed by atoms with Gasteiger partial charge in [0.2, 0.25) is 0 Å². The number of aromatic nitrogens is 1. The van der Waals surface area contributed by atoms with Gasteiger partial charge in [-0.05, 0) is 142 Å². The first-order valence-corrected chi connectivity index (χ1v) is 24.1. The normalized spacial score (nSPS) is 18.7. The van der Waals surface area contributed by atoms with Gasteiger partial charge in [0, 0.05) is 34.8 Å². The van der Waals surface area contributed by atoms with Crippen molar-refractivity contribution in [2.45, 2.75) is 89.7 Å². The largest absolute Gasteiger partial charge is 0.469 e. The number of nitrogens with zero attached hydrogens (tertiary/aromatic N) is 1. The molecule has 2 aromatic carbocycles. The molecule has 0 bridgehead atoms. The fourth-order valence-electron chi connectivity index (χ4n) is 7.79. The predicted molar refractivity (Wildman–Crippen MR) is 245 cm³/mol. The zero-order valence-corrected chi connectivity index (χ0v) is 38.9. The van der Waals surface area contributed by atoms with Crippen LogP contribution < -0.4 is 10.6 Å². The van der Waals surface area contributed by atoms with Crippen molar-refractivity contribution in [3.05, 3.63) is 139 Å². The summed E-state index contributed by atoms with van der Waals surface area (Å²) in [5.74, 6) is -1.75. The number of aromatic amines is 1. The second kappa shape index (κ2) is 19.3. The van der Waals surface area contributed by atoms with Crippen LogP contribution in [0.1, 0.15) is 80.1 Å². The summed E-state index contributed by atoms with van der Waals surface area (Å²) in [6.07, 6.45) is 4.58. The molecule has 4 heterocycles. The number of carbonyl (C=O) groups is 3. The summed E-state index contributed by atoms with van der Waals surface area (Å²) in [7, 11) is -4.68. The number of amides is 1. The number of aliphatic hydroxyl groups is 1. The van der Waals surface area contributed by atoms with E-state index in [2.05, 4.69) is 15.6 Å². The lowest BCUT2D eigenvalue weighted by Gasteiger charge is -2.10. The van der Waals surface area contributed by atoms with E-state index in [0.717, 1.165) is 22.3 Å². The van der Waals surface area contributed by atoms with Crippen LogP contribution in [0.5, 0.6) is 0 Å². The summed E-state index contributed by atoms with van der Waals surface area (Å²) in [4.78, 5) is 47.2. The summed E-state index contributed by atoms with van der Waals surface area (Å²) >= 11 is 0. The lowest BCUT2D eigenvalue weighted by Crippen LogP contribution is -2.22. The average molecular weight is 911 g/mol. The van der Waals surface area contributed by atoms with Gasteiger partial charge in [-0.15, -0.1) is 0 Å². The van der Waals surface area contributed by atoms with Crippen LogP contribution in [0.2, 0.25) is 0 Å². The summed E-state index contributed by atoms with van der Waals surface area (Å²) in [5.41, 5.74) is 9.90. The van der Waals surface area contributed by atoms with Crippen molar-refractivity contribution in [3.63, 3.8) is 0 Å². The van der Waals surface area contributed by atoms with E-state index in [1.165, 1.54) is 14.2 Å². The second-order valence-electron chi connectivity index (χ2n) is 16.2. The highest BCUT2D eigenvalue weighted by Crippen LogP contribution is 2.36. The lowest BCUT2D eigenvalue weighted by molar-refractivity contribution is -0.141. The Bertz CT molecular complexity index is 2850. The summed E-state index contributed by atoms with van der Waals surface area (Å²) in [6.45, 7) is 10.9. The monoisotopic (exact) mass is 910 g/mol. The Labute approximate surface area is 374 Å². The number of hydrogen-bond acceptors (Lipinski definition) is 12. The molecule has 4 N–H and O–H groups in total. The van der Waals surface area contributed by atoms with Gasteiger partial charge in [0.15, 0.2) is 19.7 Å². The molecule has 0 aliphatic carbocycles. The predicted octanol–water partition coefficient (Wildman–Crippen LogP) is 6.36. The van der Waals surface area contributed by atoms with Crippen LogP contribution in [0, 0.1) is 20.8 Å². The highest BCUT2D eigenvalue weighted by Gasteiger charge is 2.30. The molecule has 1 unspecified atom stereocenters. The van der Waals surface area contributed by atoms with Crippen LogP contribution in [0.3, 0.4) is 0 Å². The Morgan fingerprint density at radius 2 is 1.27 bits per heavy atom. The van der Waals surface area contributed by atoms with Crippen LogP contribution in [0.25, 0.3) is 12.2 Å². The number of H-pyrrole nitrogens is 1. The Morgan fingerprint density at radius 3 is 1.83 bits per heavy atom. The minimum Gasteiger partial charge on any atom is -0.469 e. The van der Waals surface area contributed by atoms with Gasteiger partial charge < -0.3 is 30.2 Å². The molecule has 3 aromatic rings. The van der Waals surface area contributed by atoms with Crippen molar-refractivity contribution < 1.29 is 45.8 Å². The van der Waals surface area contributed by atoms with Crippen LogP contribution in [0.15, 0.2) is 120 Å². The first-order valence-electron chi connectivity index (χ1n) is 20.8. The number of sulfone groups is 2. The minimum atomic E-state index is -3.65. The molecule has 338 valence electrons. The number of aliphatic imine (C=N–C) groups is 1. The standard InChI is InChI=1S/C48H54N4O10S2/c1-27-9-13-33(14-10-27)63(57,58)21-19-36-32(6)47(55)52-43(36)25-40-29(3)35(17-18-45(53)61-7)42(49-40)26-44-38(23-46(54)62-8)31(5)39(50-44)24-41-30(4)37(48(56)51-41)20-22-64(59,60)34-15-11-28(2)12-16-34/h9-16,24-26,47,50,52,55H,17-23H2,1-8H3,(H,51,56)/b41-24-,42-26-,43-25-. The van der Waals surface area contributed by atoms with Gasteiger partial charge in [-0.1, -0.05) is 35.4 Å². The van der Waals surface area contributed by atoms with Gasteiger partial charge in [-0.25, -0.2) is 21.8 Å². The maximum Gasteiger partial charge on any atom is 0.310 e. The van der Waals surface area contributed by atoms with Crippen LogP contribution in [-0.2, 0) is 50.0 Å². The molecule has 3 aliphatic heterocycles. The maximum atomic E-state index is 13.3. The molecule has 0 fully saturated rings. The van der Waals surface area contributed by atoms with Crippen molar-refractivity contribution in [3.8, 4) is 0 Å². The highest BCUT2D eigenvalue weighted by molar-refractivity contribution is 7.91. The van der Waals surface area contributed by atoms with Crippen LogP contribution >= 0.6 is 0 Å². The number of carbonyl (C=O) groups excluding carboxylic acids is 3. The van der Waals surface area contributed by atoms with Crippen LogP contribution in [0.4, 0.5) is 0 Å². The number of rotatable bonds is 16. The number of benzene rings is 2. The Morgan fingerprint density at radius 1 is 0.703 bits per heavy atom. The quantitative estimate of drug-likeness (QED) is 0.116. The zero-order valence-electron chi connectivity index (χ0n) is 37.3. The molecule has 0 spiro atoms. The molecular weight excluding hydrogens is 857 g/mol. The minimum absolute atomic E-state index is 0.00820. The first-order chi connectivity index (χ1) is 30.2. The Hall–Kier alpha value is -6.10. The van der Waals surface area contributed by atoms with Crippen LogP contribution in [-0.4, -0.2) is 82.4 Å². The Balaban J connectivity index is 1.35. The molecule has 64 heavy (non-hydrogen) atoms. The molecule has 0 saturated carbocycles. The van der Waals surface area contributed by atoms with E-state index in [-0.39, 0.29) is 53.4 Å². The number of esters is 2. The molecule has 6 rings (SSSR count). The third kappa shape index (κ3) is 10.5. The van der Waals surface area contributed by atoms with Crippen molar-refractivity contribution in [1.82, 2.24) is 15.6 Å². The van der Waals surface area contributed by atoms with E-state index < -0.39 is 43.7 Å². The third-order valence-electron chi connectivity index (χ3n) is 11.9. The number of aryl methyl sites for hydroxylation is 2. The zero-order chi connectivity index (χ0) is 46.7. The van der Waals surface area contributed by atoms with E-state index in [1.807, 2.05) is 27.7 Å². The molecular formula is C48H54N4O10S2. The number of aliphatic hydroxyl groups excluding tert-OH is 1. The molecule has 14 nitrogen and oxygen atoms in total. The number of hydrogen-bond donors (Lipinski definition) is 4. The smallest absolute Gasteiger partial charge is 0.310 e. The third-order valence-corrected chi connectivity index (χ3v) is 15.4. The molecule has 0 radical (unpaired) electrons. The first kappa shape index (κ1) is 47.4. The van der Waals surface area contributed by atoms with Gasteiger partial charge in [-0.3, -0.25) is 14.4 Å². The van der Waals surface area contributed by atoms with Gasteiger partial charge in [0.25, 0.3) is 5.91 Å². The fourth-order valence-corrected chi connectivity index (χ4v) is 10.3. The van der Waals surface area contributed by atoms with E-state index in [1.54, 1.807) is 80.6 Å². The summed E-state index contributed by atoms with van der Waals surface area (Å²) in [6, 6.07) is 13.3. The Kier molecular flexibility index (Phi) is 14.3. The molecule has 16 heteroatoms. The molecule has 1 aromatic heterocycles. The van der Waals surface area contributed by atoms with E-state index in [4.69, 9.17) is 14.5 Å². The average Bonchev–Trinajstić information content (AvgIpc) is 3.90. The number of nitrogens with one attached hydrogen (secondary N) is 3. The molecule has 1 atom stereocenters. The molecule has 0 saturated heterocycles. The number of ether oxygens (including phenoxy) is 2. The van der Waals surface area contributed by atoms with Crippen molar-refractivity contribution in [1.29, 1.82) is 0 Å². The van der Waals surface area contributed by atoms with Gasteiger partial charge in [0.05, 0.1) is 53.3 Å². The topological polar surface area (TPSA) is 210 Å². The van der Waals surface area contributed by atoms with Crippen molar-refractivity contribution in [2.24, 2.45) is 4.99 Å². The molecule has 1 amide bonds. The fraction of sp³-hybridized carbons (Fsp3) is 0.333. The van der Waals surface area contributed by atoms with E-state index in [0.29, 0.717) is 67.6 Å². The maximum absolute atomic E-state index is 13.3. The van der Waals surface area contributed by atoms with Crippen molar-refractivity contribution in [2.75, 3.05) is 25.7 Å². The van der Waals surface area contributed by atoms with Crippen molar-refractivity contribution >= 4 is 55.4 Å². The lowest BCUT2D eigenvalue weighted by atomic mass is 9.98. The number of methoxy groups -OCH3 is 2. The van der Waals surface area contributed by atoms with Gasteiger partial charge in [0.1, 0.15) is 6.23 Å². The molecule has 3 aliphatic rings. The van der Waals surface area contributed by atoms with E-state index >= 15 is 0 Å². The SMILES string of the molecule is COC(=O)CCC1=C(C)C(/C=C2\NC(O)C(C)=C2CCS(=O)(=O)c2ccc(C)cc2)=NC/1=C\c1[nH]c(/C=C2\NC(=O)C(CCS(=O)(=O)c3ccc(C)cc3)=C2C)c(C)c1CC(=O)OC. The number of allylic oxidation sites excluding steroid dienone is 5. The highest BCUT2D eigenvalue weighted by atomic mass is 32.2. The summed E-state index contributed by atoms with van der Waals surface area (Å²) in [5, 5.41) is 16.8. The second-order valence-corrected chi connectivity index (χ2v) is 20.4. The summed E-state index contributed by atoms with van der Waals surface area (Å²) < 4.78 is 62.9. The van der Waals surface area contributed by atoms with E-state index in [9.17, 15) is 36.3 Å². The van der Waals surface area contributed by atoms with Gasteiger partial charge >= 0.3 is 11.9 Å².